The van der Waals surface area contributed by atoms with Crippen LogP contribution >= 0.6 is 34.3 Å². The van der Waals surface area contributed by atoms with Crippen molar-refractivity contribution < 1.29 is 13.2 Å². The molecular formula is C17H16ClN3O3S3. The van der Waals surface area contributed by atoms with Gasteiger partial charge in [-0.05, 0) is 36.8 Å². The smallest absolute Gasteiger partial charge is 0.257 e. The second kappa shape index (κ2) is 7.69. The number of anilines is 1. The molecule has 6 nitrogen and oxygen atoms in total. The van der Waals surface area contributed by atoms with Gasteiger partial charge < -0.3 is 0 Å². The molecule has 3 rings (SSSR count). The molecule has 1 N–H and O–H groups in total. The number of thiophene rings is 1. The fourth-order valence-corrected chi connectivity index (χ4v) is 4.99. The second-order valence-corrected chi connectivity index (χ2v) is 10.6. The van der Waals surface area contributed by atoms with E-state index in [4.69, 9.17) is 11.6 Å². The Labute approximate surface area is 170 Å². The first-order valence-electron chi connectivity index (χ1n) is 7.74. The van der Waals surface area contributed by atoms with Gasteiger partial charge in [0.15, 0.2) is 5.13 Å². The van der Waals surface area contributed by atoms with Crippen LogP contribution < -0.4 is 5.32 Å². The lowest BCUT2D eigenvalue weighted by molar-refractivity contribution is 0.102. The SMILES string of the molecule is Cc1ccc(S(=O)(=O)N(C)C)cc1C(=O)Nc1nc(-c2ccc(Cl)s2)cs1. The van der Waals surface area contributed by atoms with Crippen molar-refractivity contribution in [3.63, 3.8) is 0 Å². The molecule has 2 aromatic heterocycles. The molecule has 2 heterocycles. The maximum absolute atomic E-state index is 12.7. The zero-order valence-corrected chi connectivity index (χ0v) is 17.9. The van der Waals surface area contributed by atoms with E-state index in [0.29, 0.717) is 15.0 Å². The summed E-state index contributed by atoms with van der Waals surface area (Å²) >= 11 is 8.64. The number of rotatable bonds is 5. The summed E-state index contributed by atoms with van der Waals surface area (Å²) in [5, 5.41) is 5.00. The lowest BCUT2D eigenvalue weighted by Crippen LogP contribution is -2.23. The van der Waals surface area contributed by atoms with Crippen LogP contribution in [0.3, 0.4) is 0 Å². The van der Waals surface area contributed by atoms with Crippen LogP contribution in [-0.2, 0) is 10.0 Å². The van der Waals surface area contributed by atoms with Gasteiger partial charge in [0, 0.05) is 25.0 Å². The number of aromatic nitrogens is 1. The number of hydrogen-bond acceptors (Lipinski definition) is 6. The molecular weight excluding hydrogens is 426 g/mol. The Morgan fingerprint density at radius 2 is 1.96 bits per heavy atom. The monoisotopic (exact) mass is 441 g/mol. The predicted octanol–water partition coefficient (Wildman–Crippen LogP) is 4.34. The van der Waals surface area contributed by atoms with Gasteiger partial charge in [0.05, 0.1) is 19.8 Å². The summed E-state index contributed by atoms with van der Waals surface area (Å²) < 4.78 is 26.4. The van der Waals surface area contributed by atoms with Crippen molar-refractivity contribution in [2.24, 2.45) is 0 Å². The molecule has 1 amide bonds. The largest absolute Gasteiger partial charge is 0.298 e. The summed E-state index contributed by atoms with van der Waals surface area (Å²) in [4.78, 5) is 18.0. The van der Waals surface area contributed by atoms with Crippen LogP contribution in [0.5, 0.6) is 0 Å². The summed E-state index contributed by atoms with van der Waals surface area (Å²) in [7, 11) is -0.728. The summed E-state index contributed by atoms with van der Waals surface area (Å²) in [6.45, 7) is 1.75. The third-order valence-electron chi connectivity index (χ3n) is 3.78. The number of hydrogen-bond donors (Lipinski definition) is 1. The van der Waals surface area contributed by atoms with E-state index in [0.717, 1.165) is 14.9 Å². The number of carbonyl (C=O) groups excluding carboxylic acids is 1. The maximum atomic E-state index is 12.7. The van der Waals surface area contributed by atoms with Gasteiger partial charge in [0.2, 0.25) is 10.0 Å². The molecule has 0 unspecified atom stereocenters. The molecule has 0 bridgehead atoms. The maximum Gasteiger partial charge on any atom is 0.257 e. The van der Waals surface area contributed by atoms with Crippen LogP contribution in [0, 0.1) is 6.92 Å². The third kappa shape index (κ3) is 4.22. The Hall–Kier alpha value is -1.78. The molecule has 3 aromatic rings. The fraction of sp³-hybridized carbons (Fsp3) is 0.176. The first kappa shape index (κ1) is 20.0. The summed E-state index contributed by atoms with van der Waals surface area (Å²) in [6, 6.07) is 8.15. The van der Waals surface area contributed by atoms with Gasteiger partial charge in [0.25, 0.3) is 5.91 Å². The average molecular weight is 442 g/mol. The molecule has 0 spiro atoms. The van der Waals surface area contributed by atoms with Gasteiger partial charge in [-0.25, -0.2) is 17.7 Å². The van der Waals surface area contributed by atoms with Crippen molar-refractivity contribution in [2.45, 2.75) is 11.8 Å². The first-order valence-corrected chi connectivity index (χ1v) is 11.3. The molecule has 1 aromatic carbocycles. The van der Waals surface area contributed by atoms with Crippen molar-refractivity contribution >= 4 is 55.3 Å². The van der Waals surface area contributed by atoms with Crippen molar-refractivity contribution in [1.82, 2.24) is 9.29 Å². The highest BCUT2D eigenvalue weighted by atomic mass is 35.5. The van der Waals surface area contributed by atoms with Gasteiger partial charge in [-0.15, -0.1) is 22.7 Å². The molecule has 10 heteroatoms. The first-order chi connectivity index (χ1) is 12.7. The van der Waals surface area contributed by atoms with Crippen LogP contribution in [0.15, 0.2) is 40.6 Å². The molecule has 0 aliphatic carbocycles. The van der Waals surface area contributed by atoms with E-state index in [1.54, 1.807) is 19.1 Å². The number of nitrogens with one attached hydrogen (secondary N) is 1. The molecule has 0 aliphatic rings. The van der Waals surface area contributed by atoms with Gasteiger partial charge in [0.1, 0.15) is 0 Å². The van der Waals surface area contributed by atoms with E-state index in [1.807, 2.05) is 11.4 Å². The number of nitrogens with zero attached hydrogens (tertiary/aromatic N) is 2. The minimum atomic E-state index is -3.62. The summed E-state index contributed by atoms with van der Waals surface area (Å²) in [5.41, 5.74) is 1.69. The molecule has 0 atom stereocenters. The zero-order valence-electron chi connectivity index (χ0n) is 14.7. The Bertz CT molecular complexity index is 1100. The fourth-order valence-electron chi connectivity index (χ4n) is 2.28. The van der Waals surface area contributed by atoms with E-state index in [-0.39, 0.29) is 10.5 Å². The van der Waals surface area contributed by atoms with Crippen molar-refractivity contribution in [3.8, 4) is 10.6 Å². The minimum Gasteiger partial charge on any atom is -0.298 e. The van der Waals surface area contributed by atoms with E-state index in [2.05, 4.69) is 10.3 Å². The summed E-state index contributed by atoms with van der Waals surface area (Å²) in [6.07, 6.45) is 0. The number of thiazole rings is 1. The predicted molar refractivity (Wildman–Crippen MR) is 110 cm³/mol. The standard InChI is InChI=1S/C17H16ClN3O3S3/c1-10-4-5-11(27(23,24)21(2)3)8-12(10)16(22)20-17-19-13(9-25-17)14-6-7-15(18)26-14/h4-9H,1-3H3,(H,19,20,22). The molecule has 27 heavy (non-hydrogen) atoms. The quantitative estimate of drug-likeness (QED) is 0.638. The molecule has 0 saturated carbocycles. The number of benzene rings is 1. The molecule has 142 valence electrons. The van der Waals surface area contributed by atoms with Gasteiger partial charge in [-0.2, -0.15) is 0 Å². The Morgan fingerprint density at radius 3 is 2.59 bits per heavy atom. The highest BCUT2D eigenvalue weighted by molar-refractivity contribution is 7.89. The number of amides is 1. The molecule has 0 aliphatic heterocycles. The molecule has 0 radical (unpaired) electrons. The number of sulfonamides is 1. The van der Waals surface area contributed by atoms with E-state index in [1.165, 1.54) is 48.9 Å². The number of halogens is 1. The van der Waals surface area contributed by atoms with Crippen molar-refractivity contribution in [2.75, 3.05) is 19.4 Å². The Balaban J connectivity index is 1.85. The van der Waals surface area contributed by atoms with Crippen LogP contribution in [0.2, 0.25) is 4.34 Å². The highest BCUT2D eigenvalue weighted by Gasteiger charge is 2.20. The minimum absolute atomic E-state index is 0.0660. The van der Waals surface area contributed by atoms with Gasteiger partial charge in [-0.3, -0.25) is 10.1 Å². The highest BCUT2D eigenvalue weighted by Crippen LogP contribution is 2.33. The number of carbonyl (C=O) groups is 1. The van der Waals surface area contributed by atoms with E-state index < -0.39 is 15.9 Å². The van der Waals surface area contributed by atoms with Gasteiger partial charge in [-0.1, -0.05) is 17.7 Å². The topological polar surface area (TPSA) is 79.4 Å². The van der Waals surface area contributed by atoms with Crippen LogP contribution in [0.25, 0.3) is 10.6 Å². The molecule has 0 saturated heterocycles. The summed E-state index contributed by atoms with van der Waals surface area (Å²) in [5.74, 6) is -0.409. The lowest BCUT2D eigenvalue weighted by Gasteiger charge is -2.13. The van der Waals surface area contributed by atoms with E-state index >= 15 is 0 Å². The second-order valence-electron chi connectivity index (χ2n) is 5.86. The number of aryl methyl sites for hydroxylation is 1. The Morgan fingerprint density at radius 1 is 1.22 bits per heavy atom. The normalized spacial score (nSPS) is 11.7. The van der Waals surface area contributed by atoms with Crippen molar-refractivity contribution in [3.05, 3.63) is 51.2 Å². The third-order valence-corrected chi connectivity index (χ3v) is 7.61. The van der Waals surface area contributed by atoms with Crippen LogP contribution in [0.4, 0.5) is 5.13 Å². The van der Waals surface area contributed by atoms with Gasteiger partial charge >= 0.3 is 0 Å². The molecule has 0 fully saturated rings. The van der Waals surface area contributed by atoms with Crippen molar-refractivity contribution in [1.29, 1.82) is 0 Å². The van der Waals surface area contributed by atoms with Crippen LogP contribution in [0.1, 0.15) is 15.9 Å². The lowest BCUT2D eigenvalue weighted by atomic mass is 10.1. The van der Waals surface area contributed by atoms with E-state index in [9.17, 15) is 13.2 Å². The average Bonchev–Trinajstić information content (AvgIpc) is 3.23. The Kier molecular flexibility index (Phi) is 5.68. The zero-order chi connectivity index (χ0) is 19.8. The van der Waals surface area contributed by atoms with Crippen LogP contribution in [-0.4, -0.2) is 37.7 Å².